The summed E-state index contributed by atoms with van der Waals surface area (Å²) in [5, 5.41) is 10.7. The Balaban J connectivity index is 3.73. The van der Waals surface area contributed by atoms with Gasteiger partial charge >= 0.3 is 12.0 Å². The van der Waals surface area contributed by atoms with Crippen molar-refractivity contribution in [1.29, 1.82) is 0 Å². The molecule has 0 aliphatic heterocycles. The molecule has 0 rings (SSSR count). The van der Waals surface area contributed by atoms with Crippen LogP contribution in [0.3, 0.4) is 0 Å². The predicted molar refractivity (Wildman–Crippen MR) is 70.7 cm³/mol. The lowest BCUT2D eigenvalue weighted by Crippen LogP contribution is -2.41. The first-order valence-corrected chi connectivity index (χ1v) is 7.12. The van der Waals surface area contributed by atoms with Gasteiger partial charge in [-0.05, 0) is 19.1 Å². The fourth-order valence-electron chi connectivity index (χ4n) is 1.17. The number of nitrogens with zero attached hydrogens (tertiary/aromatic N) is 1. The fourth-order valence-corrected chi connectivity index (χ4v) is 1.63. The Bertz CT molecular complexity index is 297. The fraction of sp³-hybridized carbons (Fsp3) is 0.727. The molecule has 104 valence electrons. The van der Waals surface area contributed by atoms with Gasteiger partial charge in [-0.25, -0.2) is 4.79 Å². The Morgan fingerprint density at radius 2 is 1.83 bits per heavy atom. The van der Waals surface area contributed by atoms with E-state index in [1.165, 1.54) is 4.90 Å². The van der Waals surface area contributed by atoms with E-state index in [2.05, 4.69) is 5.32 Å². The van der Waals surface area contributed by atoms with E-state index in [1.54, 1.807) is 18.8 Å². The van der Waals surface area contributed by atoms with Gasteiger partial charge in [-0.3, -0.25) is 14.9 Å². The molecule has 18 heavy (non-hydrogen) atoms. The van der Waals surface area contributed by atoms with Crippen LogP contribution in [0.15, 0.2) is 0 Å². The molecule has 0 bridgehead atoms. The van der Waals surface area contributed by atoms with Crippen molar-refractivity contribution in [3.8, 4) is 0 Å². The number of thioether (sulfide) groups is 1. The molecule has 3 amide bonds. The first-order chi connectivity index (χ1) is 8.47. The van der Waals surface area contributed by atoms with E-state index < -0.39 is 12.0 Å². The number of aliphatic carboxylic acids is 1. The third kappa shape index (κ3) is 8.86. The molecule has 0 spiro atoms. The summed E-state index contributed by atoms with van der Waals surface area (Å²) < 4.78 is 0. The number of urea groups is 1. The summed E-state index contributed by atoms with van der Waals surface area (Å²) in [7, 11) is 1.63. The summed E-state index contributed by atoms with van der Waals surface area (Å²) in [4.78, 5) is 34.6. The highest BCUT2D eigenvalue weighted by molar-refractivity contribution is 7.98. The molecule has 0 aliphatic carbocycles. The number of imide groups is 1. The minimum absolute atomic E-state index is 0.0504. The minimum atomic E-state index is -0.872. The van der Waals surface area contributed by atoms with E-state index in [0.29, 0.717) is 19.4 Å². The lowest BCUT2D eigenvalue weighted by Gasteiger charge is -2.16. The zero-order chi connectivity index (χ0) is 14.0. The number of hydrogen-bond donors (Lipinski definition) is 2. The van der Waals surface area contributed by atoms with Crippen LogP contribution in [0.25, 0.3) is 0 Å². The van der Waals surface area contributed by atoms with Crippen molar-refractivity contribution in [2.75, 3.05) is 25.6 Å². The molecule has 0 saturated heterocycles. The number of carbonyl (C=O) groups is 3. The number of unbranched alkanes of at least 4 members (excludes halogenated alkanes) is 1. The summed E-state index contributed by atoms with van der Waals surface area (Å²) in [6, 6.07) is -0.410. The smallest absolute Gasteiger partial charge is 0.323 e. The maximum atomic E-state index is 11.5. The number of carboxylic acid groups (broad SMARTS) is 1. The number of nitrogens with one attached hydrogen (secondary N) is 1. The SMILES string of the molecule is CSCCN(C)C(=O)NC(=O)CCCCC(=O)O. The summed E-state index contributed by atoms with van der Waals surface area (Å²) in [5.74, 6) is -0.416. The number of amides is 3. The molecular weight excluding hydrogens is 256 g/mol. The highest BCUT2D eigenvalue weighted by Crippen LogP contribution is 2.00. The molecule has 0 aromatic carbocycles. The zero-order valence-corrected chi connectivity index (χ0v) is 11.6. The van der Waals surface area contributed by atoms with Crippen LogP contribution in [0.5, 0.6) is 0 Å². The van der Waals surface area contributed by atoms with Crippen LogP contribution in [0.2, 0.25) is 0 Å². The second-order valence-electron chi connectivity index (χ2n) is 3.87. The zero-order valence-electron chi connectivity index (χ0n) is 10.8. The van der Waals surface area contributed by atoms with E-state index in [1.807, 2.05) is 6.26 Å². The van der Waals surface area contributed by atoms with E-state index in [-0.39, 0.29) is 18.7 Å². The molecule has 0 atom stereocenters. The van der Waals surface area contributed by atoms with Crippen molar-refractivity contribution in [2.45, 2.75) is 25.7 Å². The monoisotopic (exact) mass is 276 g/mol. The Hall–Kier alpha value is -1.24. The third-order valence-corrected chi connectivity index (χ3v) is 2.86. The van der Waals surface area contributed by atoms with E-state index in [9.17, 15) is 14.4 Å². The van der Waals surface area contributed by atoms with Gasteiger partial charge in [0.25, 0.3) is 0 Å². The van der Waals surface area contributed by atoms with E-state index in [0.717, 1.165) is 5.75 Å². The normalized spacial score (nSPS) is 9.89. The summed E-state index contributed by atoms with van der Waals surface area (Å²) >= 11 is 1.62. The first kappa shape index (κ1) is 16.8. The van der Waals surface area contributed by atoms with Crippen LogP contribution in [0.4, 0.5) is 4.79 Å². The van der Waals surface area contributed by atoms with Crippen molar-refractivity contribution < 1.29 is 19.5 Å². The number of rotatable bonds is 8. The topological polar surface area (TPSA) is 86.7 Å². The standard InChI is InChI=1S/C11H20N2O4S/c1-13(7-8-18-2)11(17)12-9(14)5-3-4-6-10(15)16/h3-8H2,1-2H3,(H,15,16)(H,12,14,17). The van der Waals surface area contributed by atoms with Crippen molar-refractivity contribution in [2.24, 2.45) is 0 Å². The van der Waals surface area contributed by atoms with Crippen molar-refractivity contribution in [3.05, 3.63) is 0 Å². The maximum absolute atomic E-state index is 11.5. The van der Waals surface area contributed by atoms with Crippen molar-refractivity contribution in [3.63, 3.8) is 0 Å². The summed E-state index contributed by atoms with van der Waals surface area (Å²) in [6.45, 7) is 0.583. The molecular formula is C11H20N2O4S. The van der Waals surface area contributed by atoms with Gasteiger partial charge in [0, 0.05) is 32.2 Å². The predicted octanol–water partition coefficient (Wildman–Crippen LogP) is 1.16. The average Bonchev–Trinajstić information content (AvgIpc) is 2.31. The van der Waals surface area contributed by atoms with Crippen molar-refractivity contribution in [1.82, 2.24) is 10.2 Å². The average molecular weight is 276 g/mol. The van der Waals surface area contributed by atoms with E-state index in [4.69, 9.17) is 5.11 Å². The van der Waals surface area contributed by atoms with Crippen LogP contribution in [0.1, 0.15) is 25.7 Å². The minimum Gasteiger partial charge on any atom is -0.481 e. The Labute approximate surface area is 111 Å². The summed E-state index contributed by atoms with van der Waals surface area (Å²) in [5.41, 5.74) is 0. The van der Waals surface area contributed by atoms with Crippen molar-refractivity contribution >= 4 is 29.7 Å². The molecule has 6 nitrogen and oxygen atoms in total. The molecule has 0 radical (unpaired) electrons. The molecule has 7 heteroatoms. The molecule has 0 fully saturated rings. The van der Waals surface area contributed by atoms with Gasteiger partial charge in [-0.15, -0.1) is 0 Å². The first-order valence-electron chi connectivity index (χ1n) is 5.73. The summed E-state index contributed by atoms with van der Waals surface area (Å²) in [6.07, 6.45) is 3.09. The van der Waals surface area contributed by atoms with Crippen LogP contribution >= 0.6 is 11.8 Å². The lowest BCUT2D eigenvalue weighted by molar-refractivity contribution is -0.137. The highest BCUT2D eigenvalue weighted by Gasteiger charge is 2.11. The molecule has 0 aliphatic rings. The molecule has 0 heterocycles. The Morgan fingerprint density at radius 1 is 1.22 bits per heavy atom. The van der Waals surface area contributed by atoms with Crippen LogP contribution < -0.4 is 5.32 Å². The van der Waals surface area contributed by atoms with Crippen LogP contribution in [0, 0.1) is 0 Å². The largest absolute Gasteiger partial charge is 0.481 e. The Kier molecular flexibility index (Phi) is 9.08. The number of carboxylic acids is 1. The Morgan fingerprint density at radius 3 is 2.39 bits per heavy atom. The molecule has 0 saturated carbocycles. The van der Waals surface area contributed by atoms with E-state index >= 15 is 0 Å². The van der Waals surface area contributed by atoms with Gasteiger partial charge in [0.1, 0.15) is 0 Å². The van der Waals surface area contributed by atoms with Gasteiger partial charge < -0.3 is 10.0 Å². The quantitative estimate of drug-likeness (QED) is 0.650. The molecule has 0 aromatic rings. The number of carbonyl (C=O) groups excluding carboxylic acids is 2. The highest BCUT2D eigenvalue weighted by atomic mass is 32.2. The maximum Gasteiger partial charge on any atom is 0.323 e. The number of hydrogen-bond acceptors (Lipinski definition) is 4. The molecule has 0 aromatic heterocycles. The molecule has 2 N–H and O–H groups in total. The third-order valence-electron chi connectivity index (χ3n) is 2.27. The van der Waals surface area contributed by atoms with Crippen LogP contribution in [-0.4, -0.2) is 53.5 Å². The van der Waals surface area contributed by atoms with Gasteiger partial charge in [0.05, 0.1) is 0 Å². The second-order valence-corrected chi connectivity index (χ2v) is 4.85. The van der Waals surface area contributed by atoms with Gasteiger partial charge in [0.15, 0.2) is 0 Å². The lowest BCUT2D eigenvalue weighted by atomic mass is 10.2. The second kappa shape index (κ2) is 9.76. The molecule has 0 unspecified atom stereocenters. The van der Waals surface area contributed by atoms with Gasteiger partial charge in [-0.1, -0.05) is 0 Å². The van der Waals surface area contributed by atoms with Crippen LogP contribution in [-0.2, 0) is 9.59 Å². The van der Waals surface area contributed by atoms with Gasteiger partial charge in [-0.2, -0.15) is 11.8 Å². The van der Waals surface area contributed by atoms with Gasteiger partial charge in [0.2, 0.25) is 5.91 Å².